The molecule has 0 saturated heterocycles. The van der Waals surface area contributed by atoms with Crippen molar-refractivity contribution < 1.29 is 14.3 Å². The van der Waals surface area contributed by atoms with Crippen LogP contribution in [0.2, 0.25) is 0 Å². The number of thiocyanates is 1. The van der Waals surface area contributed by atoms with Gasteiger partial charge in [-0.3, -0.25) is 4.79 Å². The first-order valence-electron chi connectivity index (χ1n) is 6.27. The fraction of sp³-hybridized carbons (Fsp3) is 0.133. The van der Waals surface area contributed by atoms with Gasteiger partial charge in [-0.25, -0.2) is 4.79 Å². The maximum Gasteiger partial charge on any atom is 0.348 e. The number of nitriles is 1. The molecule has 1 amide bonds. The van der Waals surface area contributed by atoms with Gasteiger partial charge in [0.1, 0.15) is 10.3 Å². The number of thioether (sulfide) groups is 1. The van der Waals surface area contributed by atoms with E-state index >= 15 is 0 Å². The van der Waals surface area contributed by atoms with E-state index in [0.29, 0.717) is 10.6 Å². The summed E-state index contributed by atoms with van der Waals surface area (Å²) in [5.41, 5.74) is 1.46. The Kier molecular flexibility index (Phi) is 5.58. The van der Waals surface area contributed by atoms with Crippen LogP contribution in [-0.4, -0.2) is 18.5 Å². The first-order chi connectivity index (χ1) is 10.6. The number of ether oxygens (including phenoxy) is 1. The second-order valence-electron chi connectivity index (χ2n) is 4.27. The molecule has 0 spiro atoms. The monoisotopic (exact) mass is 332 g/mol. The molecule has 0 aliphatic carbocycles. The van der Waals surface area contributed by atoms with E-state index in [-0.39, 0.29) is 6.61 Å². The Morgan fingerprint density at radius 1 is 1.41 bits per heavy atom. The summed E-state index contributed by atoms with van der Waals surface area (Å²) in [6.45, 7) is 1.49. The van der Waals surface area contributed by atoms with Crippen molar-refractivity contribution in [2.75, 3.05) is 11.9 Å². The van der Waals surface area contributed by atoms with E-state index in [2.05, 4.69) is 5.32 Å². The van der Waals surface area contributed by atoms with Crippen molar-refractivity contribution in [3.63, 3.8) is 0 Å². The van der Waals surface area contributed by atoms with E-state index in [1.807, 2.05) is 12.3 Å². The van der Waals surface area contributed by atoms with Crippen LogP contribution in [-0.2, 0) is 9.53 Å². The third kappa shape index (κ3) is 4.35. The van der Waals surface area contributed by atoms with Gasteiger partial charge in [0.15, 0.2) is 6.61 Å². The number of amides is 1. The molecule has 2 aromatic rings. The molecule has 22 heavy (non-hydrogen) atoms. The first kappa shape index (κ1) is 16.1. The van der Waals surface area contributed by atoms with Gasteiger partial charge >= 0.3 is 5.97 Å². The summed E-state index contributed by atoms with van der Waals surface area (Å²) < 4.78 is 4.93. The Balaban J connectivity index is 1.89. The smallest absolute Gasteiger partial charge is 0.348 e. The largest absolute Gasteiger partial charge is 0.451 e. The Labute approximate surface area is 135 Å². The highest BCUT2D eigenvalue weighted by atomic mass is 32.2. The molecule has 1 N–H and O–H groups in total. The molecule has 0 unspecified atom stereocenters. The lowest BCUT2D eigenvalue weighted by Crippen LogP contribution is -2.21. The lowest BCUT2D eigenvalue weighted by Gasteiger charge is -2.09. The van der Waals surface area contributed by atoms with Gasteiger partial charge in [0.25, 0.3) is 5.91 Å². The van der Waals surface area contributed by atoms with Crippen LogP contribution < -0.4 is 5.32 Å². The Bertz CT molecular complexity index is 721. The standard InChI is InChI=1S/C15H12N2O3S2/c1-10-7-11(22-9-16)4-5-12(10)17-14(18)8-20-15(19)13-3-2-6-21-13/h2-7H,8H2,1H3,(H,17,18). The second-order valence-corrected chi connectivity index (χ2v) is 6.08. The van der Waals surface area contributed by atoms with Gasteiger partial charge in [-0.2, -0.15) is 5.26 Å². The molecule has 1 heterocycles. The Hall–Kier alpha value is -2.30. The third-order valence-electron chi connectivity index (χ3n) is 2.69. The van der Waals surface area contributed by atoms with E-state index < -0.39 is 11.9 Å². The van der Waals surface area contributed by atoms with E-state index in [9.17, 15) is 9.59 Å². The zero-order chi connectivity index (χ0) is 15.9. The van der Waals surface area contributed by atoms with Crippen LogP contribution in [0, 0.1) is 17.6 Å². The molecule has 1 aromatic heterocycles. The fourth-order valence-electron chi connectivity index (χ4n) is 1.68. The third-order valence-corrected chi connectivity index (χ3v) is 4.12. The quantitative estimate of drug-likeness (QED) is 0.515. The molecule has 112 valence electrons. The van der Waals surface area contributed by atoms with E-state index in [0.717, 1.165) is 22.2 Å². The zero-order valence-electron chi connectivity index (χ0n) is 11.7. The summed E-state index contributed by atoms with van der Waals surface area (Å²) in [5, 5.41) is 15.1. The van der Waals surface area contributed by atoms with Crippen molar-refractivity contribution >= 4 is 40.7 Å². The molecule has 0 saturated carbocycles. The molecule has 7 heteroatoms. The number of hydrogen-bond donors (Lipinski definition) is 1. The van der Waals surface area contributed by atoms with Crippen LogP contribution in [0.3, 0.4) is 0 Å². The predicted molar refractivity (Wildman–Crippen MR) is 85.9 cm³/mol. The molecule has 2 rings (SSSR count). The van der Waals surface area contributed by atoms with Crippen LogP contribution in [0.15, 0.2) is 40.6 Å². The Morgan fingerprint density at radius 2 is 2.23 bits per heavy atom. The maximum atomic E-state index is 11.8. The average molecular weight is 332 g/mol. The number of rotatable bonds is 5. The van der Waals surface area contributed by atoms with Crippen molar-refractivity contribution in [1.29, 1.82) is 5.26 Å². The van der Waals surface area contributed by atoms with Gasteiger partial charge in [-0.1, -0.05) is 6.07 Å². The second kappa shape index (κ2) is 7.64. The summed E-state index contributed by atoms with van der Waals surface area (Å²) in [6, 6.07) is 8.65. The molecule has 1 aromatic carbocycles. The molecular weight excluding hydrogens is 320 g/mol. The molecule has 0 radical (unpaired) electrons. The normalized spacial score (nSPS) is 9.82. The molecule has 0 bridgehead atoms. The molecule has 0 atom stereocenters. The number of hydrogen-bond acceptors (Lipinski definition) is 6. The number of carbonyl (C=O) groups is 2. The van der Waals surface area contributed by atoms with Crippen molar-refractivity contribution in [3.05, 3.63) is 46.2 Å². The topological polar surface area (TPSA) is 79.2 Å². The van der Waals surface area contributed by atoms with Crippen molar-refractivity contribution in [2.45, 2.75) is 11.8 Å². The van der Waals surface area contributed by atoms with Crippen molar-refractivity contribution in [3.8, 4) is 5.40 Å². The van der Waals surface area contributed by atoms with Gasteiger partial charge in [-0.05, 0) is 53.9 Å². The van der Waals surface area contributed by atoms with Gasteiger partial charge < -0.3 is 10.1 Å². The summed E-state index contributed by atoms with van der Waals surface area (Å²) in [5.74, 6) is -0.920. The van der Waals surface area contributed by atoms with Crippen molar-refractivity contribution in [2.24, 2.45) is 0 Å². The van der Waals surface area contributed by atoms with Gasteiger partial charge in [0, 0.05) is 10.6 Å². The van der Waals surface area contributed by atoms with Crippen LogP contribution in [0.4, 0.5) is 5.69 Å². The summed E-state index contributed by atoms with van der Waals surface area (Å²) >= 11 is 2.31. The van der Waals surface area contributed by atoms with Crippen molar-refractivity contribution in [1.82, 2.24) is 0 Å². The van der Waals surface area contributed by atoms with Crippen LogP contribution in [0.5, 0.6) is 0 Å². The minimum atomic E-state index is -0.511. The van der Waals surface area contributed by atoms with E-state index in [4.69, 9.17) is 10.00 Å². The van der Waals surface area contributed by atoms with Crippen LogP contribution in [0.25, 0.3) is 0 Å². The van der Waals surface area contributed by atoms with Gasteiger partial charge in [-0.15, -0.1) is 11.3 Å². The highest BCUT2D eigenvalue weighted by molar-refractivity contribution is 8.03. The predicted octanol–water partition coefficient (Wildman–Crippen LogP) is 3.43. The lowest BCUT2D eigenvalue weighted by atomic mass is 10.2. The number of nitrogens with one attached hydrogen (secondary N) is 1. The number of nitrogens with zero attached hydrogens (tertiary/aromatic N) is 1. The highest BCUT2D eigenvalue weighted by Crippen LogP contribution is 2.23. The zero-order valence-corrected chi connectivity index (χ0v) is 13.3. The summed E-state index contributed by atoms with van der Waals surface area (Å²) in [6.07, 6.45) is 0. The first-order valence-corrected chi connectivity index (χ1v) is 7.97. The molecule has 0 aliphatic heterocycles. The maximum absolute atomic E-state index is 11.8. The summed E-state index contributed by atoms with van der Waals surface area (Å²) in [7, 11) is 0. The fourth-order valence-corrected chi connectivity index (χ4v) is 2.77. The number of thiophene rings is 1. The van der Waals surface area contributed by atoms with E-state index in [1.54, 1.807) is 35.7 Å². The number of carbonyl (C=O) groups excluding carboxylic acids is 2. The molecule has 0 fully saturated rings. The minimum Gasteiger partial charge on any atom is -0.451 e. The summed E-state index contributed by atoms with van der Waals surface area (Å²) in [4.78, 5) is 24.7. The highest BCUT2D eigenvalue weighted by Gasteiger charge is 2.12. The molecule has 5 nitrogen and oxygen atoms in total. The number of benzene rings is 1. The Morgan fingerprint density at radius 3 is 2.86 bits per heavy atom. The molecular formula is C15H12N2O3S2. The van der Waals surface area contributed by atoms with E-state index in [1.165, 1.54) is 11.3 Å². The molecule has 0 aliphatic rings. The SMILES string of the molecule is Cc1cc(SC#N)ccc1NC(=O)COC(=O)c1cccs1. The average Bonchev–Trinajstić information content (AvgIpc) is 3.02. The number of anilines is 1. The van der Waals surface area contributed by atoms with Crippen LogP contribution in [0.1, 0.15) is 15.2 Å². The van der Waals surface area contributed by atoms with Gasteiger partial charge in [0.05, 0.1) is 0 Å². The van der Waals surface area contributed by atoms with Crippen LogP contribution >= 0.6 is 23.1 Å². The number of aryl methyl sites for hydroxylation is 1. The number of esters is 1. The van der Waals surface area contributed by atoms with Gasteiger partial charge in [0.2, 0.25) is 0 Å². The minimum absolute atomic E-state index is 0.342. The lowest BCUT2D eigenvalue weighted by molar-refractivity contribution is -0.119.